The largest absolute Gasteiger partial charge is 0.458 e. The maximum absolute atomic E-state index is 7.08. The molecular formula is C52H51BN2O. The van der Waals surface area contributed by atoms with E-state index in [0.717, 1.165) is 34.5 Å². The Morgan fingerprint density at radius 3 is 1.89 bits per heavy atom. The minimum absolute atomic E-state index is 0.0521. The molecule has 2 aliphatic heterocycles. The zero-order valence-corrected chi connectivity index (χ0v) is 33.9. The van der Waals surface area contributed by atoms with E-state index in [1.54, 1.807) is 5.56 Å². The molecule has 2 heterocycles. The number of hydrogen-bond donors (Lipinski definition) is 0. The molecule has 0 aromatic heterocycles. The fourth-order valence-electron chi connectivity index (χ4n) is 11.3. The Morgan fingerprint density at radius 2 is 1.18 bits per heavy atom. The molecule has 1 saturated carbocycles. The summed E-state index contributed by atoms with van der Waals surface area (Å²) in [6, 6.07) is 47.7. The van der Waals surface area contributed by atoms with Crippen LogP contribution >= 0.6 is 0 Å². The van der Waals surface area contributed by atoms with Gasteiger partial charge >= 0.3 is 0 Å². The summed E-state index contributed by atoms with van der Waals surface area (Å²) in [4.78, 5) is 5.00. The Morgan fingerprint density at radius 1 is 0.536 bits per heavy atom. The van der Waals surface area contributed by atoms with Gasteiger partial charge in [0.05, 0.1) is 5.69 Å². The van der Waals surface area contributed by atoms with E-state index in [1.807, 2.05) is 0 Å². The van der Waals surface area contributed by atoms with E-state index in [-0.39, 0.29) is 28.4 Å². The van der Waals surface area contributed by atoms with Gasteiger partial charge in [0.2, 0.25) is 0 Å². The average molecular weight is 731 g/mol. The van der Waals surface area contributed by atoms with Crippen molar-refractivity contribution in [3.63, 3.8) is 0 Å². The van der Waals surface area contributed by atoms with Crippen LogP contribution in [0.2, 0.25) is 0 Å². The second-order valence-corrected chi connectivity index (χ2v) is 19.7. The van der Waals surface area contributed by atoms with Crippen LogP contribution in [-0.2, 0) is 21.7 Å². The number of rotatable bonds is 4. The highest BCUT2D eigenvalue weighted by atomic mass is 16.5. The first kappa shape index (κ1) is 34.1. The SMILES string of the molecule is CC1(C)CCC(C)(C)c2cc(N3c4cc5c(cc4B4c6ccccc6Oc6cc(N(c7ccccc7)c7ccccc7)cc3c64)C3(C)CC3CC5(C)C)ccc21. The summed E-state index contributed by atoms with van der Waals surface area (Å²) in [7, 11) is 0. The van der Waals surface area contributed by atoms with Gasteiger partial charge in [0, 0.05) is 34.5 Å². The van der Waals surface area contributed by atoms with Crippen LogP contribution in [0, 0.1) is 5.92 Å². The standard InChI is InChI=1S/C52H51BN2O/c1-49(2)24-25-50(3,4)39-26-36(22-23-38(39)49)55-44-30-40-41(52(7)32-33(52)31-51(40,5)6)29-43(44)53-42-20-14-15-21-46(42)56-47-28-37(27-45(55)48(47)53)54(34-16-10-8-11-17-34)35-18-12-9-13-19-35/h8-23,26-30,33H,24-25,31-32H2,1-7H3. The Hall–Kier alpha value is -5.22. The third kappa shape index (κ3) is 4.84. The fourth-order valence-corrected chi connectivity index (χ4v) is 11.3. The van der Waals surface area contributed by atoms with Crippen molar-refractivity contribution in [3.8, 4) is 11.5 Å². The molecule has 0 saturated heterocycles. The van der Waals surface area contributed by atoms with Gasteiger partial charge in [-0.05, 0) is 147 Å². The van der Waals surface area contributed by atoms with Crippen molar-refractivity contribution in [1.82, 2.24) is 0 Å². The van der Waals surface area contributed by atoms with E-state index in [2.05, 4.69) is 186 Å². The van der Waals surface area contributed by atoms with E-state index in [1.165, 1.54) is 75.8 Å². The summed E-state index contributed by atoms with van der Waals surface area (Å²) in [5.41, 5.74) is 17.5. The minimum Gasteiger partial charge on any atom is -0.458 e. The Labute approximate surface area is 333 Å². The first-order valence-corrected chi connectivity index (χ1v) is 20.8. The molecule has 2 unspecified atom stereocenters. The lowest BCUT2D eigenvalue weighted by Gasteiger charge is -2.45. The van der Waals surface area contributed by atoms with Gasteiger partial charge in [-0.15, -0.1) is 0 Å². The van der Waals surface area contributed by atoms with Crippen molar-refractivity contribution in [2.45, 2.75) is 95.8 Å². The molecule has 6 aromatic carbocycles. The lowest BCUT2D eigenvalue weighted by atomic mass is 9.34. The van der Waals surface area contributed by atoms with Crippen LogP contribution in [0.4, 0.5) is 34.1 Å². The number of ether oxygens (including phenoxy) is 1. The van der Waals surface area contributed by atoms with Crippen molar-refractivity contribution in [2.24, 2.45) is 5.92 Å². The molecule has 278 valence electrons. The van der Waals surface area contributed by atoms with Gasteiger partial charge in [-0.25, -0.2) is 0 Å². The topological polar surface area (TPSA) is 15.7 Å². The van der Waals surface area contributed by atoms with Crippen LogP contribution in [-0.4, -0.2) is 6.71 Å². The highest BCUT2D eigenvalue weighted by Gasteiger charge is 2.58. The maximum atomic E-state index is 7.08. The molecule has 0 radical (unpaired) electrons. The van der Waals surface area contributed by atoms with Crippen LogP contribution in [0.25, 0.3) is 0 Å². The molecule has 4 heteroatoms. The number of nitrogens with zero attached hydrogens (tertiary/aromatic N) is 2. The first-order chi connectivity index (χ1) is 26.8. The zero-order chi connectivity index (χ0) is 38.4. The van der Waals surface area contributed by atoms with Gasteiger partial charge in [-0.2, -0.15) is 0 Å². The molecule has 0 amide bonds. The van der Waals surface area contributed by atoms with Crippen LogP contribution in [0.5, 0.6) is 11.5 Å². The zero-order valence-electron chi connectivity index (χ0n) is 33.9. The third-order valence-electron chi connectivity index (χ3n) is 14.7. The second kappa shape index (κ2) is 11.4. The van der Waals surface area contributed by atoms with Crippen molar-refractivity contribution < 1.29 is 4.74 Å². The molecule has 6 aromatic rings. The molecule has 0 bridgehead atoms. The fraction of sp³-hybridized carbons (Fsp3) is 0.308. The van der Waals surface area contributed by atoms with Gasteiger partial charge in [0.15, 0.2) is 0 Å². The van der Waals surface area contributed by atoms with Crippen LogP contribution < -0.4 is 30.9 Å². The van der Waals surface area contributed by atoms with Gasteiger partial charge in [0.25, 0.3) is 6.71 Å². The molecule has 0 N–H and O–H groups in total. The average Bonchev–Trinajstić information content (AvgIpc) is 3.86. The van der Waals surface area contributed by atoms with Crippen LogP contribution in [0.1, 0.15) is 96.4 Å². The van der Waals surface area contributed by atoms with Gasteiger partial charge < -0.3 is 14.5 Å². The van der Waals surface area contributed by atoms with E-state index in [0.29, 0.717) is 0 Å². The number of para-hydroxylation sites is 3. The smallest absolute Gasteiger partial charge is 0.256 e. The molecule has 2 atom stereocenters. The number of hydrogen-bond acceptors (Lipinski definition) is 3. The highest BCUT2D eigenvalue weighted by Crippen LogP contribution is 2.64. The van der Waals surface area contributed by atoms with Crippen molar-refractivity contribution in [3.05, 3.63) is 150 Å². The van der Waals surface area contributed by atoms with Gasteiger partial charge in [0.1, 0.15) is 11.5 Å². The normalized spacial score (nSPS) is 22.3. The molecule has 11 rings (SSSR count). The number of anilines is 6. The summed E-state index contributed by atoms with van der Waals surface area (Å²) in [5, 5.41) is 0. The van der Waals surface area contributed by atoms with Crippen molar-refractivity contribution >= 4 is 57.2 Å². The van der Waals surface area contributed by atoms with E-state index < -0.39 is 0 Å². The predicted molar refractivity (Wildman–Crippen MR) is 235 cm³/mol. The maximum Gasteiger partial charge on any atom is 0.256 e. The molecule has 1 fully saturated rings. The summed E-state index contributed by atoms with van der Waals surface area (Å²) in [6.45, 7) is 17.3. The molecule has 56 heavy (non-hydrogen) atoms. The lowest BCUT2D eigenvalue weighted by Crippen LogP contribution is -2.60. The highest BCUT2D eigenvalue weighted by molar-refractivity contribution is 6.99. The van der Waals surface area contributed by atoms with Crippen LogP contribution in [0.15, 0.2) is 127 Å². The number of fused-ring (bicyclic) bond motifs is 8. The van der Waals surface area contributed by atoms with E-state index >= 15 is 0 Å². The Bertz CT molecular complexity index is 2550. The monoisotopic (exact) mass is 730 g/mol. The van der Waals surface area contributed by atoms with Crippen molar-refractivity contribution in [2.75, 3.05) is 9.80 Å². The van der Waals surface area contributed by atoms with Gasteiger partial charge in [-0.3, -0.25) is 0 Å². The summed E-state index contributed by atoms with van der Waals surface area (Å²) in [6.07, 6.45) is 4.90. The first-order valence-electron chi connectivity index (χ1n) is 20.8. The van der Waals surface area contributed by atoms with Crippen LogP contribution in [0.3, 0.4) is 0 Å². The second-order valence-electron chi connectivity index (χ2n) is 19.7. The predicted octanol–water partition coefficient (Wildman–Crippen LogP) is 11.9. The van der Waals surface area contributed by atoms with E-state index in [4.69, 9.17) is 4.74 Å². The van der Waals surface area contributed by atoms with Crippen molar-refractivity contribution in [1.29, 1.82) is 0 Å². The molecule has 5 aliphatic rings. The summed E-state index contributed by atoms with van der Waals surface area (Å²) >= 11 is 0. The minimum atomic E-state index is 0.0521. The Kier molecular flexibility index (Phi) is 6.96. The quantitative estimate of drug-likeness (QED) is 0.168. The summed E-state index contributed by atoms with van der Waals surface area (Å²) < 4.78 is 7.08. The Balaban J connectivity index is 1.23. The number of benzene rings is 6. The van der Waals surface area contributed by atoms with E-state index in [9.17, 15) is 0 Å². The van der Waals surface area contributed by atoms with Gasteiger partial charge in [-0.1, -0.05) is 115 Å². The molecule has 3 aliphatic carbocycles. The lowest BCUT2D eigenvalue weighted by molar-refractivity contribution is 0.332. The molecule has 3 nitrogen and oxygen atoms in total. The third-order valence-corrected chi connectivity index (χ3v) is 14.7. The molecular weight excluding hydrogens is 679 g/mol. The summed E-state index contributed by atoms with van der Waals surface area (Å²) in [5.74, 6) is 2.63. The molecule has 0 spiro atoms.